The first-order valence-corrected chi connectivity index (χ1v) is 5.26. The molecule has 0 fully saturated rings. The van der Waals surface area contributed by atoms with E-state index in [2.05, 4.69) is 34.7 Å². The number of hydrogen-bond donors (Lipinski definition) is 1. The SMILES string of the molecule is OCCCC/C=C/CCI. The molecule has 0 saturated heterocycles. The predicted octanol–water partition coefficient (Wildman–Crippen LogP) is 2.53. The number of aliphatic hydroxyl groups excluding tert-OH is 1. The van der Waals surface area contributed by atoms with Gasteiger partial charge in [0, 0.05) is 11.0 Å². The van der Waals surface area contributed by atoms with Crippen LogP contribution in [0, 0.1) is 0 Å². The molecule has 0 heterocycles. The highest BCUT2D eigenvalue weighted by Crippen LogP contribution is 1.97. The Morgan fingerprint density at radius 1 is 1.10 bits per heavy atom. The zero-order valence-electron chi connectivity index (χ0n) is 6.22. The second-order valence-electron chi connectivity index (χ2n) is 2.17. The second kappa shape index (κ2) is 9.43. The summed E-state index contributed by atoms with van der Waals surface area (Å²) in [5.74, 6) is 0. The molecule has 0 radical (unpaired) electrons. The van der Waals surface area contributed by atoms with E-state index in [0.29, 0.717) is 6.61 Å². The Balaban J connectivity index is 2.88. The van der Waals surface area contributed by atoms with Gasteiger partial charge in [-0.25, -0.2) is 0 Å². The first-order chi connectivity index (χ1) is 4.91. The maximum absolute atomic E-state index is 8.44. The first kappa shape index (κ1) is 10.4. The summed E-state index contributed by atoms with van der Waals surface area (Å²) in [5.41, 5.74) is 0. The summed E-state index contributed by atoms with van der Waals surface area (Å²) in [5, 5.41) is 8.44. The molecule has 0 saturated carbocycles. The van der Waals surface area contributed by atoms with Crippen LogP contribution in [0.5, 0.6) is 0 Å². The maximum atomic E-state index is 8.44. The van der Waals surface area contributed by atoms with E-state index in [0.717, 1.165) is 19.3 Å². The van der Waals surface area contributed by atoms with Crippen molar-refractivity contribution in [2.45, 2.75) is 25.7 Å². The van der Waals surface area contributed by atoms with Crippen molar-refractivity contribution in [3.8, 4) is 0 Å². The van der Waals surface area contributed by atoms with Crippen LogP contribution in [0.3, 0.4) is 0 Å². The van der Waals surface area contributed by atoms with Crippen LogP contribution in [0.25, 0.3) is 0 Å². The summed E-state index contributed by atoms with van der Waals surface area (Å²) >= 11 is 2.36. The molecule has 0 spiro atoms. The molecule has 0 aliphatic heterocycles. The van der Waals surface area contributed by atoms with Crippen molar-refractivity contribution in [2.75, 3.05) is 11.0 Å². The van der Waals surface area contributed by atoms with Crippen molar-refractivity contribution in [2.24, 2.45) is 0 Å². The van der Waals surface area contributed by atoms with Crippen LogP contribution in [0.15, 0.2) is 12.2 Å². The largest absolute Gasteiger partial charge is 0.396 e. The van der Waals surface area contributed by atoms with Gasteiger partial charge in [0.15, 0.2) is 0 Å². The highest BCUT2D eigenvalue weighted by molar-refractivity contribution is 14.1. The zero-order valence-corrected chi connectivity index (χ0v) is 8.38. The fourth-order valence-electron chi connectivity index (χ4n) is 0.673. The van der Waals surface area contributed by atoms with Gasteiger partial charge < -0.3 is 5.11 Å². The lowest BCUT2D eigenvalue weighted by atomic mass is 10.2. The highest BCUT2D eigenvalue weighted by atomic mass is 127. The van der Waals surface area contributed by atoms with Gasteiger partial charge in [0.05, 0.1) is 0 Å². The fraction of sp³-hybridized carbons (Fsp3) is 0.750. The summed E-state index contributed by atoms with van der Waals surface area (Å²) in [7, 11) is 0. The van der Waals surface area contributed by atoms with Gasteiger partial charge in [0.1, 0.15) is 0 Å². The van der Waals surface area contributed by atoms with Crippen molar-refractivity contribution in [3.63, 3.8) is 0 Å². The van der Waals surface area contributed by atoms with Crippen LogP contribution in [0.1, 0.15) is 25.7 Å². The molecule has 0 aliphatic carbocycles. The van der Waals surface area contributed by atoms with Crippen LogP contribution in [0.2, 0.25) is 0 Å². The summed E-state index contributed by atoms with van der Waals surface area (Å²) in [6.45, 7) is 0.333. The summed E-state index contributed by atoms with van der Waals surface area (Å²) in [6, 6.07) is 0. The van der Waals surface area contributed by atoms with E-state index in [4.69, 9.17) is 5.11 Å². The maximum Gasteiger partial charge on any atom is 0.0431 e. The standard InChI is InChI=1S/C8H15IO/c9-7-5-3-1-2-4-6-8-10/h1,3,10H,2,4-8H2/b3-1+. The Kier molecular flexibility index (Phi) is 9.84. The molecule has 0 aromatic heterocycles. The normalized spacial score (nSPS) is 11.0. The molecule has 10 heavy (non-hydrogen) atoms. The Bertz CT molecular complexity index is 81.3. The Labute approximate surface area is 76.7 Å². The van der Waals surface area contributed by atoms with Crippen LogP contribution in [-0.2, 0) is 0 Å². The third-order valence-electron chi connectivity index (χ3n) is 1.22. The summed E-state index contributed by atoms with van der Waals surface area (Å²) in [4.78, 5) is 0. The van der Waals surface area contributed by atoms with E-state index in [1.807, 2.05) is 0 Å². The van der Waals surface area contributed by atoms with Crippen LogP contribution >= 0.6 is 22.6 Å². The molecule has 1 nitrogen and oxygen atoms in total. The van der Waals surface area contributed by atoms with Crippen LogP contribution in [0.4, 0.5) is 0 Å². The van der Waals surface area contributed by atoms with Crippen molar-refractivity contribution in [1.82, 2.24) is 0 Å². The smallest absolute Gasteiger partial charge is 0.0431 e. The number of allylic oxidation sites excluding steroid dienone is 2. The third-order valence-corrected chi connectivity index (χ3v) is 1.84. The van der Waals surface area contributed by atoms with E-state index < -0.39 is 0 Å². The van der Waals surface area contributed by atoms with Gasteiger partial charge in [-0.3, -0.25) is 0 Å². The number of hydrogen-bond acceptors (Lipinski definition) is 1. The quantitative estimate of drug-likeness (QED) is 0.334. The minimum Gasteiger partial charge on any atom is -0.396 e. The van der Waals surface area contributed by atoms with E-state index in [1.54, 1.807) is 0 Å². The highest BCUT2D eigenvalue weighted by Gasteiger charge is 1.81. The lowest BCUT2D eigenvalue weighted by molar-refractivity contribution is 0.285. The molecule has 60 valence electrons. The Hall–Kier alpha value is 0.430. The van der Waals surface area contributed by atoms with E-state index in [9.17, 15) is 0 Å². The average molecular weight is 254 g/mol. The first-order valence-electron chi connectivity index (χ1n) is 3.73. The lowest BCUT2D eigenvalue weighted by Crippen LogP contribution is -1.80. The topological polar surface area (TPSA) is 20.2 Å². The minimum absolute atomic E-state index is 0.333. The van der Waals surface area contributed by atoms with Crippen molar-refractivity contribution < 1.29 is 5.11 Å². The molecule has 0 aromatic rings. The monoisotopic (exact) mass is 254 g/mol. The van der Waals surface area contributed by atoms with Gasteiger partial charge in [0.25, 0.3) is 0 Å². The molecule has 1 N–H and O–H groups in total. The molecule has 2 heteroatoms. The molecule has 0 aromatic carbocycles. The number of aliphatic hydroxyl groups is 1. The van der Waals surface area contributed by atoms with Crippen molar-refractivity contribution >= 4 is 22.6 Å². The number of unbranched alkanes of at least 4 members (excludes halogenated alkanes) is 2. The third kappa shape index (κ3) is 8.43. The van der Waals surface area contributed by atoms with E-state index in [1.165, 1.54) is 10.8 Å². The van der Waals surface area contributed by atoms with Gasteiger partial charge in [-0.1, -0.05) is 34.7 Å². The minimum atomic E-state index is 0.333. The predicted molar refractivity (Wildman–Crippen MR) is 53.6 cm³/mol. The zero-order chi connectivity index (χ0) is 7.66. The van der Waals surface area contributed by atoms with Crippen molar-refractivity contribution in [3.05, 3.63) is 12.2 Å². The summed E-state index contributed by atoms with van der Waals surface area (Å²) < 4.78 is 1.20. The van der Waals surface area contributed by atoms with Gasteiger partial charge in [0.2, 0.25) is 0 Å². The van der Waals surface area contributed by atoms with Crippen molar-refractivity contribution in [1.29, 1.82) is 0 Å². The molecule has 0 aliphatic rings. The number of halogens is 1. The van der Waals surface area contributed by atoms with Crippen LogP contribution in [-0.4, -0.2) is 16.1 Å². The second-order valence-corrected chi connectivity index (χ2v) is 3.25. The number of alkyl halides is 1. The van der Waals surface area contributed by atoms with Crippen LogP contribution < -0.4 is 0 Å². The molecule has 0 rings (SSSR count). The molecule has 0 amide bonds. The molecular formula is C8H15IO. The van der Waals surface area contributed by atoms with Gasteiger partial charge in [-0.2, -0.15) is 0 Å². The Morgan fingerprint density at radius 2 is 1.80 bits per heavy atom. The lowest BCUT2D eigenvalue weighted by Gasteiger charge is -1.90. The molecule has 0 atom stereocenters. The summed E-state index contributed by atoms with van der Waals surface area (Å²) in [6.07, 6.45) is 8.78. The fourth-order valence-corrected chi connectivity index (χ4v) is 1.03. The van der Waals surface area contributed by atoms with Gasteiger partial charge in [-0.15, -0.1) is 0 Å². The van der Waals surface area contributed by atoms with Gasteiger partial charge >= 0.3 is 0 Å². The molecule has 0 unspecified atom stereocenters. The van der Waals surface area contributed by atoms with Gasteiger partial charge in [-0.05, 0) is 25.7 Å². The average Bonchev–Trinajstić information content (AvgIpc) is 1.97. The van der Waals surface area contributed by atoms with E-state index in [-0.39, 0.29) is 0 Å². The Morgan fingerprint density at radius 3 is 2.40 bits per heavy atom. The van der Waals surface area contributed by atoms with E-state index >= 15 is 0 Å². The molecule has 0 bridgehead atoms. The number of rotatable bonds is 6. The molecular weight excluding hydrogens is 239 g/mol.